The molecule has 0 spiro atoms. The number of carbonyl (C=O) groups excluding carboxylic acids is 1. The van der Waals surface area contributed by atoms with E-state index in [-0.39, 0.29) is 11.9 Å². The standard InChI is InChI=1S/C16H22N2O/c1-12(16(19)18-10-4-5-11-18)17-15-9-8-13-6-2-3-7-14(13)15/h2-3,6-7,12,15,17H,4-5,8-11H2,1H3. The molecule has 1 saturated heterocycles. The van der Waals surface area contributed by atoms with Crippen LogP contribution in [0, 0.1) is 0 Å². The number of nitrogens with one attached hydrogen (secondary N) is 1. The Labute approximate surface area is 115 Å². The topological polar surface area (TPSA) is 32.3 Å². The van der Waals surface area contributed by atoms with Crippen LogP contribution in [-0.2, 0) is 11.2 Å². The van der Waals surface area contributed by atoms with Gasteiger partial charge in [0.15, 0.2) is 0 Å². The van der Waals surface area contributed by atoms with Crippen molar-refractivity contribution in [3.05, 3.63) is 35.4 Å². The van der Waals surface area contributed by atoms with E-state index in [1.807, 2.05) is 11.8 Å². The van der Waals surface area contributed by atoms with Crippen molar-refractivity contribution in [3.8, 4) is 0 Å². The molecule has 1 aromatic carbocycles. The number of hydrogen-bond donors (Lipinski definition) is 1. The fourth-order valence-corrected chi connectivity index (χ4v) is 3.31. The summed E-state index contributed by atoms with van der Waals surface area (Å²) in [5.74, 6) is 0.266. The van der Waals surface area contributed by atoms with Gasteiger partial charge in [-0.2, -0.15) is 0 Å². The van der Waals surface area contributed by atoms with Crippen LogP contribution >= 0.6 is 0 Å². The van der Waals surface area contributed by atoms with Crippen molar-refractivity contribution >= 4 is 5.91 Å². The quantitative estimate of drug-likeness (QED) is 0.902. The molecule has 0 bridgehead atoms. The van der Waals surface area contributed by atoms with Crippen LogP contribution in [0.2, 0.25) is 0 Å². The molecule has 3 rings (SSSR count). The second-order valence-electron chi connectivity index (χ2n) is 5.71. The van der Waals surface area contributed by atoms with Crippen molar-refractivity contribution in [1.82, 2.24) is 10.2 Å². The molecule has 1 N–H and O–H groups in total. The Hall–Kier alpha value is -1.35. The van der Waals surface area contributed by atoms with Gasteiger partial charge in [-0.25, -0.2) is 0 Å². The third-order valence-corrected chi connectivity index (χ3v) is 4.37. The van der Waals surface area contributed by atoms with Gasteiger partial charge in [0.1, 0.15) is 0 Å². The third kappa shape index (κ3) is 2.52. The van der Waals surface area contributed by atoms with E-state index >= 15 is 0 Å². The molecule has 102 valence electrons. The van der Waals surface area contributed by atoms with Crippen LogP contribution in [0.4, 0.5) is 0 Å². The number of hydrogen-bond acceptors (Lipinski definition) is 2. The average Bonchev–Trinajstić information content (AvgIpc) is 3.08. The summed E-state index contributed by atoms with van der Waals surface area (Å²) < 4.78 is 0. The molecule has 1 aliphatic heterocycles. The molecule has 1 heterocycles. The van der Waals surface area contributed by atoms with Gasteiger partial charge in [0.25, 0.3) is 0 Å². The average molecular weight is 258 g/mol. The molecule has 1 fully saturated rings. The lowest BCUT2D eigenvalue weighted by Crippen LogP contribution is -2.44. The molecule has 2 aliphatic rings. The van der Waals surface area contributed by atoms with Crippen molar-refractivity contribution in [3.63, 3.8) is 0 Å². The maximum absolute atomic E-state index is 12.3. The van der Waals surface area contributed by atoms with Gasteiger partial charge < -0.3 is 4.90 Å². The van der Waals surface area contributed by atoms with E-state index in [9.17, 15) is 4.79 Å². The number of nitrogens with zero attached hydrogens (tertiary/aromatic N) is 1. The van der Waals surface area contributed by atoms with Gasteiger partial charge in [0.2, 0.25) is 5.91 Å². The highest BCUT2D eigenvalue weighted by atomic mass is 16.2. The molecular weight excluding hydrogens is 236 g/mol. The van der Waals surface area contributed by atoms with Crippen molar-refractivity contribution in [2.45, 2.75) is 44.7 Å². The molecule has 1 aromatic rings. The molecule has 0 radical (unpaired) electrons. The number of carbonyl (C=O) groups is 1. The number of benzene rings is 1. The molecule has 0 saturated carbocycles. The molecule has 2 atom stereocenters. The number of amides is 1. The van der Waals surface area contributed by atoms with E-state index in [4.69, 9.17) is 0 Å². The minimum Gasteiger partial charge on any atom is -0.341 e. The van der Waals surface area contributed by atoms with E-state index in [0.29, 0.717) is 6.04 Å². The Kier molecular flexibility index (Phi) is 3.56. The van der Waals surface area contributed by atoms with Crippen LogP contribution in [0.15, 0.2) is 24.3 Å². The van der Waals surface area contributed by atoms with Gasteiger partial charge in [0.05, 0.1) is 6.04 Å². The normalized spacial score (nSPS) is 23.4. The monoisotopic (exact) mass is 258 g/mol. The summed E-state index contributed by atoms with van der Waals surface area (Å²) in [5.41, 5.74) is 2.81. The molecule has 3 heteroatoms. The van der Waals surface area contributed by atoms with E-state index < -0.39 is 0 Å². The summed E-state index contributed by atoms with van der Waals surface area (Å²) in [5, 5.41) is 3.52. The molecular formula is C16H22N2O. The molecule has 1 amide bonds. The van der Waals surface area contributed by atoms with Gasteiger partial charge >= 0.3 is 0 Å². The first-order valence-corrected chi connectivity index (χ1v) is 7.38. The first kappa shape index (κ1) is 12.7. The Morgan fingerprint density at radius 1 is 1.32 bits per heavy atom. The lowest BCUT2D eigenvalue weighted by Gasteiger charge is -2.24. The van der Waals surface area contributed by atoms with E-state index in [0.717, 1.165) is 38.8 Å². The van der Waals surface area contributed by atoms with Crippen molar-refractivity contribution in [1.29, 1.82) is 0 Å². The van der Waals surface area contributed by atoms with Gasteiger partial charge in [0, 0.05) is 19.1 Å². The Bertz CT molecular complexity index is 466. The summed E-state index contributed by atoms with van der Waals surface area (Å²) >= 11 is 0. The summed E-state index contributed by atoms with van der Waals surface area (Å²) in [4.78, 5) is 14.3. The Balaban J connectivity index is 1.64. The summed E-state index contributed by atoms with van der Waals surface area (Å²) in [6, 6.07) is 8.84. The largest absolute Gasteiger partial charge is 0.341 e. The fourth-order valence-electron chi connectivity index (χ4n) is 3.31. The van der Waals surface area contributed by atoms with Crippen molar-refractivity contribution < 1.29 is 4.79 Å². The molecule has 3 nitrogen and oxygen atoms in total. The van der Waals surface area contributed by atoms with Crippen molar-refractivity contribution in [2.24, 2.45) is 0 Å². The summed E-state index contributed by atoms with van der Waals surface area (Å²) in [7, 11) is 0. The third-order valence-electron chi connectivity index (χ3n) is 4.37. The van der Waals surface area contributed by atoms with Crippen LogP contribution in [0.3, 0.4) is 0 Å². The van der Waals surface area contributed by atoms with Crippen LogP contribution in [0.1, 0.15) is 43.4 Å². The molecule has 0 aromatic heterocycles. The van der Waals surface area contributed by atoms with Gasteiger partial charge in [-0.1, -0.05) is 24.3 Å². The Morgan fingerprint density at radius 2 is 2.05 bits per heavy atom. The lowest BCUT2D eigenvalue weighted by atomic mass is 10.1. The van der Waals surface area contributed by atoms with Gasteiger partial charge in [-0.05, 0) is 43.7 Å². The first-order chi connectivity index (χ1) is 9.25. The molecule has 1 aliphatic carbocycles. The lowest BCUT2D eigenvalue weighted by molar-refractivity contribution is -0.132. The van der Waals surface area contributed by atoms with E-state index in [1.165, 1.54) is 11.1 Å². The zero-order valence-corrected chi connectivity index (χ0v) is 11.6. The van der Waals surface area contributed by atoms with Gasteiger partial charge in [-0.3, -0.25) is 10.1 Å². The van der Waals surface area contributed by atoms with Crippen LogP contribution in [-0.4, -0.2) is 29.9 Å². The summed E-state index contributed by atoms with van der Waals surface area (Å²) in [6.45, 7) is 3.87. The zero-order valence-electron chi connectivity index (χ0n) is 11.6. The first-order valence-electron chi connectivity index (χ1n) is 7.38. The highest BCUT2D eigenvalue weighted by molar-refractivity contribution is 5.81. The Morgan fingerprint density at radius 3 is 2.84 bits per heavy atom. The van der Waals surface area contributed by atoms with E-state index in [2.05, 4.69) is 29.6 Å². The second-order valence-corrected chi connectivity index (χ2v) is 5.71. The molecule has 2 unspecified atom stereocenters. The molecule has 19 heavy (non-hydrogen) atoms. The minimum atomic E-state index is -0.0748. The van der Waals surface area contributed by atoms with Crippen LogP contribution in [0.25, 0.3) is 0 Å². The minimum absolute atomic E-state index is 0.0748. The predicted octanol–water partition coefficient (Wildman–Crippen LogP) is 2.27. The number of rotatable bonds is 3. The second kappa shape index (κ2) is 5.33. The van der Waals surface area contributed by atoms with Crippen molar-refractivity contribution in [2.75, 3.05) is 13.1 Å². The predicted molar refractivity (Wildman–Crippen MR) is 75.9 cm³/mol. The summed E-state index contributed by atoms with van der Waals surface area (Å²) in [6.07, 6.45) is 4.55. The smallest absolute Gasteiger partial charge is 0.239 e. The number of fused-ring (bicyclic) bond motifs is 1. The van der Waals surface area contributed by atoms with Crippen LogP contribution < -0.4 is 5.32 Å². The fraction of sp³-hybridized carbons (Fsp3) is 0.562. The maximum Gasteiger partial charge on any atom is 0.239 e. The number of likely N-dealkylation sites (tertiary alicyclic amines) is 1. The van der Waals surface area contributed by atoms with E-state index in [1.54, 1.807) is 0 Å². The van der Waals surface area contributed by atoms with Gasteiger partial charge in [-0.15, -0.1) is 0 Å². The SMILES string of the molecule is CC(NC1CCc2ccccc21)C(=O)N1CCCC1. The highest BCUT2D eigenvalue weighted by Gasteiger charge is 2.28. The zero-order chi connectivity index (χ0) is 13.2. The maximum atomic E-state index is 12.3. The van der Waals surface area contributed by atoms with Crippen LogP contribution in [0.5, 0.6) is 0 Å². The highest BCUT2D eigenvalue weighted by Crippen LogP contribution is 2.31. The number of aryl methyl sites for hydroxylation is 1.